The molecule has 1 aliphatic carbocycles. The van der Waals surface area contributed by atoms with Gasteiger partial charge in [-0.15, -0.1) is 0 Å². The summed E-state index contributed by atoms with van der Waals surface area (Å²) in [5, 5.41) is 7.25. The minimum Gasteiger partial charge on any atom is -0.358 e. The van der Waals surface area contributed by atoms with Crippen molar-refractivity contribution in [3.05, 3.63) is 65.4 Å². The topological polar surface area (TPSA) is 56.9 Å². The predicted molar refractivity (Wildman–Crippen MR) is 116 cm³/mol. The van der Waals surface area contributed by atoms with E-state index in [9.17, 15) is 4.79 Å². The number of hydrogen-bond acceptors (Lipinski definition) is 1. The van der Waals surface area contributed by atoms with Gasteiger partial charge < -0.3 is 15.6 Å². The zero-order valence-corrected chi connectivity index (χ0v) is 17.1. The molecule has 146 valence electrons. The SMILES string of the molecule is Cc1ccc(NC(=O)NCC[C@H]2[C@@H](c3c(C)[nH]c4ccccc34)C2(C)C)cc1. The van der Waals surface area contributed by atoms with Gasteiger partial charge in [0, 0.05) is 28.8 Å². The number of aryl methyl sites for hydroxylation is 2. The summed E-state index contributed by atoms with van der Waals surface area (Å²) in [7, 11) is 0. The maximum absolute atomic E-state index is 12.2. The van der Waals surface area contributed by atoms with Crippen molar-refractivity contribution in [2.45, 2.75) is 40.0 Å². The summed E-state index contributed by atoms with van der Waals surface area (Å²) in [6.07, 6.45) is 0.984. The van der Waals surface area contributed by atoms with E-state index in [1.807, 2.05) is 31.2 Å². The number of hydrogen-bond donors (Lipinski definition) is 3. The predicted octanol–water partition coefficient (Wildman–Crippen LogP) is 5.74. The molecule has 4 nitrogen and oxygen atoms in total. The highest BCUT2D eigenvalue weighted by atomic mass is 16.2. The van der Waals surface area contributed by atoms with Gasteiger partial charge in [0.2, 0.25) is 0 Å². The Hall–Kier alpha value is -2.75. The molecule has 0 saturated heterocycles. The van der Waals surface area contributed by atoms with Crippen LogP contribution in [0.5, 0.6) is 0 Å². The van der Waals surface area contributed by atoms with Crippen molar-refractivity contribution in [3.63, 3.8) is 0 Å². The van der Waals surface area contributed by atoms with E-state index in [4.69, 9.17) is 0 Å². The second-order valence-electron chi connectivity index (χ2n) is 8.65. The van der Waals surface area contributed by atoms with Crippen molar-refractivity contribution < 1.29 is 4.79 Å². The zero-order valence-electron chi connectivity index (χ0n) is 17.1. The minimum atomic E-state index is -0.137. The molecule has 1 aliphatic rings. The molecule has 0 unspecified atom stereocenters. The van der Waals surface area contributed by atoms with Gasteiger partial charge in [-0.2, -0.15) is 0 Å². The third-order valence-corrected chi connectivity index (χ3v) is 6.36. The first kappa shape index (κ1) is 18.6. The number of benzene rings is 2. The van der Waals surface area contributed by atoms with Crippen LogP contribution in [0.4, 0.5) is 10.5 Å². The van der Waals surface area contributed by atoms with Crippen LogP contribution >= 0.6 is 0 Å². The smallest absolute Gasteiger partial charge is 0.319 e. The molecule has 4 rings (SSSR count). The molecular weight excluding hydrogens is 346 g/mol. The van der Waals surface area contributed by atoms with Crippen molar-refractivity contribution in [1.82, 2.24) is 10.3 Å². The van der Waals surface area contributed by atoms with Crippen LogP contribution in [0, 0.1) is 25.2 Å². The molecule has 1 heterocycles. The Kier molecular flexibility index (Phi) is 4.66. The fourth-order valence-corrected chi connectivity index (χ4v) is 4.71. The molecule has 1 fully saturated rings. The van der Waals surface area contributed by atoms with Crippen LogP contribution in [0.1, 0.15) is 43.0 Å². The zero-order chi connectivity index (χ0) is 19.9. The van der Waals surface area contributed by atoms with Crippen LogP contribution in [0.3, 0.4) is 0 Å². The fraction of sp³-hybridized carbons (Fsp3) is 0.375. The molecule has 0 bridgehead atoms. The van der Waals surface area contributed by atoms with Crippen LogP contribution in [-0.4, -0.2) is 17.6 Å². The number of aromatic nitrogens is 1. The van der Waals surface area contributed by atoms with Crippen LogP contribution in [0.15, 0.2) is 48.5 Å². The van der Waals surface area contributed by atoms with Gasteiger partial charge in [-0.3, -0.25) is 0 Å². The Morgan fingerprint density at radius 3 is 2.54 bits per heavy atom. The van der Waals surface area contributed by atoms with Crippen molar-refractivity contribution in [1.29, 1.82) is 0 Å². The molecule has 3 N–H and O–H groups in total. The van der Waals surface area contributed by atoms with Gasteiger partial charge in [0.15, 0.2) is 0 Å². The van der Waals surface area contributed by atoms with E-state index in [0.29, 0.717) is 18.4 Å². The molecule has 0 spiro atoms. The molecule has 1 aromatic heterocycles. The van der Waals surface area contributed by atoms with Crippen molar-refractivity contribution in [2.75, 3.05) is 11.9 Å². The molecule has 0 aliphatic heterocycles. The molecular formula is C24H29N3O. The first-order valence-corrected chi connectivity index (χ1v) is 10.1. The molecule has 0 radical (unpaired) electrons. The lowest BCUT2D eigenvalue weighted by Crippen LogP contribution is -2.29. The van der Waals surface area contributed by atoms with Crippen LogP contribution in [0.25, 0.3) is 10.9 Å². The highest BCUT2D eigenvalue weighted by Gasteiger charge is 2.58. The number of rotatable bonds is 5. The molecule has 2 amide bonds. The van der Waals surface area contributed by atoms with E-state index < -0.39 is 0 Å². The van der Waals surface area contributed by atoms with E-state index in [1.54, 1.807) is 0 Å². The van der Waals surface area contributed by atoms with Crippen molar-refractivity contribution in [3.8, 4) is 0 Å². The second-order valence-corrected chi connectivity index (χ2v) is 8.65. The van der Waals surface area contributed by atoms with E-state index in [-0.39, 0.29) is 11.4 Å². The maximum Gasteiger partial charge on any atom is 0.319 e. The number of carbonyl (C=O) groups excluding carboxylic acids is 1. The normalized spacial score (nSPS) is 20.1. The summed E-state index contributed by atoms with van der Waals surface area (Å²) in [5.74, 6) is 1.11. The Balaban J connectivity index is 1.37. The van der Waals surface area contributed by atoms with Gasteiger partial charge in [0.25, 0.3) is 0 Å². The number of para-hydroxylation sites is 1. The van der Waals surface area contributed by atoms with Crippen LogP contribution in [-0.2, 0) is 0 Å². The molecule has 1 saturated carbocycles. The summed E-state index contributed by atoms with van der Waals surface area (Å²) in [6, 6.07) is 16.3. The first-order chi connectivity index (χ1) is 13.4. The average Bonchev–Trinajstić information content (AvgIpc) is 3.02. The van der Waals surface area contributed by atoms with Gasteiger partial charge in [-0.05, 0) is 61.3 Å². The standard InChI is InChI=1S/C24H29N3O/c1-15-9-11-17(12-10-15)27-23(28)25-14-13-19-22(24(19,3)4)21-16(2)26-20-8-6-5-7-18(20)21/h5-12,19,22,26H,13-14H2,1-4H3,(H2,25,27,28)/t19-,22-/m0/s1. The number of anilines is 1. The Labute approximate surface area is 166 Å². The Morgan fingerprint density at radius 1 is 1.07 bits per heavy atom. The molecule has 4 heteroatoms. The lowest BCUT2D eigenvalue weighted by atomic mass is 10.0. The van der Waals surface area contributed by atoms with E-state index in [0.717, 1.165) is 12.1 Å². The summed E-state index contributed by atoms with van der Waals surface area (Å²) in [4.78, 5) is 15.7. The highest BCUT2D eigenvalue weighted by molar-refractivity contribution is 5.89. The summed E-state index contributed by atoms with van der Waals surface area (Å²) >= 11 is 0. The van der Waals surface area contributed by atoms with E-state index >= 15 is 0 Å². The third-order valence-electron chi connectivity index (χ3n) is 6.36. The van der Waals surface area contributed by atoms with Crippen molar-refractivity contribution in [2.24, 2.45) is 11.3 Å². The van der Waals surface area contributed by atoms with Gasteiger partial charge >= 0.3 is 6.03 Å². The monoisotopic (exact) mass is 375 g/mol. The summed E-state index contributed by atoms with van der Waals surface area (Å²) in [5.41, 5.74) is 6.20. The third kappa shape index (κ3) is 3.39. The highest BCUT2D eigenvalue weighted by Crippen LogP contribution is 2.67. The summed E-state index contributed by atoms with van der Waals surface area (Å²) in [6.45, 7) is 9.58. The molecule has 28 heavy (non-hydrogen) atoms. The Bertz CT molecular complexity index is 1000. The van der Waals surface area contributed by atoms with Gasteiger partial charge in [-0.25, -0.2) is 4.79 Å². The second kappa shape index (κ2) is 7.01. The quantitative estimate of drug-likeness (QED) is 0.523. The number of aromatic amines is 1. The first-order valence-electron chi connectivity index (χ1n) is 10.1. The Morgan fingerprint density at radius 2 is 1.79 bits per heavy atom. The van der Waals surface area contributed by atoms with Gasteiger partial charge in [-0.1, -0.05) is 49.7 Å². The van der Waals surface area contributed by atoms with E-state index in [2.05, 4.69) is 60.7 Å². The van der Waals surface area contributed by atoms with Crippen LogP contribution in [0.2, 0.25) is 0 Å². The largest absolute Gasteiger partial charge is 0.358 e. The maximum atomic E-state index is 12.2. The van der Waals surface area contributed by atoms with E-state index in [1.165, 1.54) is 27.7 Å². The lowest BCUT2D eigenvalue weighted by molar-refractivity contribution is 0.251. The number of H-pyrrole nitrogens is 1. The molecule has 2 aromatic carbocycles. The van der Waals surface area contributed by atoms with Gasteiger partial charge in [0.1, 0.15) is 0 Å². The number of fused-ring (bicyclic) bond motifs is 1. The minimum absolute atomic E-state index is 0.137. The van der Waals surface area contributed by atoms with Gasteiger partial charge in [0.05, 0.1) is 0 Å². The average molecular weight is 376 g/mol. The van der Waals surface area contributed by atoms with Crippen molar-refractivity contribution >= 4 is 22.6 Å². The molecule has 2 atom stereocenters. The number of nitrogens with one attached hydrogen (secondary N) is 3. The molecule has 3 aromatic rings. The number of carbonyl (C=O) groups is 1. The lowest BCUT2D eigenvalue weighted by Gasteiger charge is -2.08. The fourth-order valence-electron chi connectivity index (χ4n) is 4.71. The number of urea groups is 1. The summed E-state index contributed by atoms with van der Waals surface area (Å²) < 4.78 is 0. The number of amides is 2. The van der Waals surface area contributed by atoms with Crippen LogP contribution < -0.4 is 10.6 Å².